The summed E-state index contributed by atoms with van der Waals surface area (Å²) >= 11 is 0. The topological polar surface area (TPSA) is 53.5 Å². The lowest BCUT2D eigenvalue weighted by Gasteiger charge is -2.36. The Hall–Kier alpha value is -2.18. The van der Waals surface area contributed by atoms with Gasteiger partial charge < -0.3 is 4.90 Å². The smallest absolute Gasteiger partial charge is 0.236 e. The molecule has 0 N–H and O–H groups in total. The van der Waals surface area contributed by atoms with Gasteiger partial charge in [-0.05, 0) is 36.6 Å². The third-order valence-corrected chi connectivity index (χ3v) is 6.17. The van der Waals surface area contributed by atoms with Crippen molar-refractivity contribution in [2.45, 2.75) is 18.9 Å². The van der Waals surface area contributed by atoms with Crippen molar-refractivity contribution in [3.05, 3.63) is 65.7 Å². The van der Waals surface area contributed by atoms with Crippen LogP contribution in [0.5, 0.6) is 0 Å². The van der Waals surface area contributed by atoms with Crippen LogP contribution >= 0.6 is 0 Å². The van der Waals surface area contributed by atoms with Crippen molar-refractivity contribution in [2.75, 3.05) is 25.0 Å². The number of aromatic nitrogens is 1. The van der Waals surface area contributed by atoms with Crippen molar-refractivity contribution < 1.29 is 8.42 Å². The predicted octanol–water partition coefficient (Wildman–Crippen LogP) is 2.98. The third kappa shape index (κ3) is 4.46. The first kappa shape index (κ1) is 17.6. The molecule has 2 aromatic rings. The second kappa shape index (κ2) is 7.80. The third-order valence-electron chi connectivity index (χ3n) is 4.59. The minimum Gasteiger partial charge on any atom is -0.357 e. The largest absolute Gasteiger partial charge is 0.357 e. The molecule has 132 valence electrons. The van der Waals surface area contributed by atoms with E-state index in [1.165, 1.54) is 9.71 Å². The first-order chi connectivity index (χ1) is 12.1. The van der Waals surface area contributed by atoms with E-state index < -0.39 is 10.0 Å². The molecular formula is C19H23N3O2S. The van der Waals surface area contributed by atoms with E-state index in [0.29, 0.717) is 0 Å². The molecular weight excluding hydrogens is 334 g/mol. The molecule has 5 nitrogen and oxygen atoms in total. The van der Waals surface area contributed by atoms with Crippen molar-refractivity contribution in [1.82, 2.24) is 9.29 Å². The zero-order valence-electron chi connectivity index (χ0n) is 14.3. The Balaban J connectivity index is 1.61. The molecule has 0 amide bonds. The molecule has 0 unspecified atom stereocenters. The van der Waals surface area contributed by atoms with Gasteiger partial charge in [0.2, 0.25) is 10.0 Å². The summed E-state index contributed by atoms with van der Waals surface area (Å²) in [4.78, 5) is 6.57. The van der Waals surface area contributed by atoms with E-state index in [1.54, 1.807) is 19.3 Å². The molecule has 0 saturated carbocycles. The average Bonchev–Trinajstić information content (AvgIpc) is 2.67. The van der Waals surface area contributed by atoms with Crippen LogP contribution in [0.1, 0.15) is 18.4 Å². The summed E-state index contributed by atoms with van der Waals surface area (Å²) in [7, 11) is -1.75. The molecule has 1 aromatic carbocycles. The van der Waals surface area contributed by atoms with E-state index >= 15 is 0 Å². The van der Waals surface area contributed by atoms with E-state index in [4.69, 9.17) is 0 Å². The number of hydrogen-bond donors (Lipinski definition) is 0. The second-order valence-corrected chi connectivity index (χ2v) is 8.06. The van der Waals surface area contributed by atoms with Gasteiger partial charge in [0.05, 0.1) is 0 Å². The van der Waals surface area contributed by atoms with Gasteiger partial charge in [0.25, 0.3) is 0 Å². The molecule has 3 rings (SSSR count). The molecule has 25 heavy (non-hydrogen) atoms. The first-order valence-corrected chi connectivity index (χ1v) is 9.94. The molecule has 0 aliphatic carbocycles. The predicted molar refractivity (Wildman–Crippen MR) is 102 cm³/mol. The minimum atomic E-state index is -3.42. The van der Waals surface area contributed by atoms with Gasteiger partial charge in [0, 0.05) is 37.8 Å². The Morgan fingerprint density at radius 3 is 2.40 bits per heavy atom. The lowest BCUT2D eigenvalue weighted by molar-refractivity contribution is 0.314. The van der Waals surface area contributed by atoms with E-state index in [-0.39, 0.29) is 6.04 Å². The molecule has 6 heteroatoms. The summed E-state index contributed by atoms with van der Waals surface area (Å²) in [5, 5.41) is 1.30. The van der Waals surface area contributed by atoms with E-state index in [0.717, 1.165) is 37.3 Å². The molecule has 0 spiro atoms. The Morgan fingerprint density at radius 2 is 1.76 bits per heavy atom. The van der Waals surface area contributed by atoms with Crippen molar-refractivity contribution in [3.8, 4) is 0 Å². The number of pyridine rings is 1. The summed E-state index contributed by atoms with van der Waals surface area (Å²) in [5.74, 6) is 0.954. The molecule has 1 saturated heterocycles. The summed E-state index contributed by atoms with van der Waals surface area (Å²) < 4.78 is 26.6. The molecule has 0 radical (unpaired) electrons. The van der Waals surface area contributed by atoms with Crippen molar-refractivity contribution >= 4 is 21.9 Å². The van der Waals surface area contributed by atoms with Crippen LogP contribution in [-0.4, -0.2) is 43.9 Å². The van der Waals surface area contributed by atoms with Gasteiger partial charge in [-0.15, -0.1) is 0 Å². The molecule has 1 aliphatic rings. The number of hydrogen-bond acceptors (Lipinski definition) is 4. The number of rotatable bonds is 5. The summed E-state index contributed by atoms with van der Waals surface area (Å²) in [5.41, 5.74) is 0.879. The molecule has 1 fully saturated rings. The summed E-state index contributed by atoms with van der Waals surface area (Å²) in [6, 6.07) is 15.3. The van der Waals surface area contributed by atoms with Crippen molar-refractivity contribution in [2.24, 2.45) is 0 Å². The van der Waals surface area contributed by atoms with E-state index in [1.807, 2.05) is 48.5 Å². The maximum Gasteiger partial charge on any atom is 0.236 e. The molecule has 1 aromatic heterocycles. The number of sulfonamides is 1. The van der Waals surface area contributed by atoms with Gasteiger partial charge in [0.15, 0.2) is 0 Å². The van der Waals surface area contributed by atoms with Gasteiger partial charge in [-0.2, -0.15) is 4.31 Å². The van der Waals surface area contributed by atoms with Crippen LogP contribution in [0, 0.1) is 0 Å². The quantitative estimate of drug-likeness (QED) is 0.825. The van der Waals surface area contributed by atoms with Crippen molar-refractivity contribution in [3.63, 3.8) is 0 Å². The second-order valence-electron chi connectivity index (χ2n) is 6.18. The zero-order chi connectivity index (χ0) is 17.7. The maximum atomic E-state index is 12.6. The van der Waals surface area contributed by atoms with Crippen LogP contribution < -0.4 is 4.90 Å². The normalized spacial score (nSPS) is 16.6. The lowest BCUT2D eigenvalue weighted by Crippen LogP contribution is -2.45. The highest BCUT2D eigenvalue weighted by molar-refractivity contribution is 7.92. The van der Waals surface area contributed by atoms with Gasteiger partial charge in [-0.25, -0.2) is 13.4 Å². The minimum absolute atomic E-state index is 0.0189. The lowest BCUT2D eigenvalue weighted by atomic mass is 10.1. The van der Waals surface area contributed by atoms with Gasteiger partial charge in [0.1, 0.15) is 5.82 Å². The van der Waals surface area contributed by atoms with Crippen LogP contribution in [0.4, 0.5) is 5.82 Å². The first-order valence-electron chi connectivity index (χ1n) is 8.43. The fourth-order valence-corrected chi connectivity index (χ4v) is 4.18. The summed E-state index contributed by atoms with van der Waals surface area (Å²) in [6.07, 6.45) is 5.03. The Morgan fingerprint density at radius 1 is 1.08 bits per heavy atom. The molecule has 0 atom stereocenters. The zero-order valence-corrected chi connectivity index (χ0v) is 15.1. The number of benzene rings is 1. The SMILES string of the molecule is CN(C1CCN(c2ccccn2)CC1)S(=O)(=O)/C=C/c1ccccc1. The summed E-state index contributed by atoms with van der Waals surface area (Å²) in [6.45, 7) is 1.62. The molecule has 0 bridgehead atoms. The average molecular weight is 357 g/mol. The van der Waals surface area contributed by atoms with Gasteiger partial charge in [-0.1, -0.05) is 36.4 Å². The van der Waals surface area contributed by atoms with Crippen LogP contribution in [0.2, 0.25) is 0 Å². The van der Waals surface area contributed by atoms with Gasteiger partial charge >= 0.3 is 0 Å². The Labute approximate surface area is 149 Å². The number of piperidine rings is 1. The maximum absolute atomic E-state index is 12.6. The molecule has 2 heterocycles. The van der Waals surface area contributed by atoms with Crippen LogP contribution in [0.15, 0.2) is 60.1 Å². The highest BCUT2D eigenvalue weighted by atomic mass is 32.2. The number of anilines is 1. The van der Waals surface area contributed by atoms with Crippen LogP contribution in [0.25, 0.3) is 6.08 Å². The van der Waals surface area contributed by atoms with E-state index in [9.17, 15) is 8.42 Å². The fourth-order valence-electron chi connectivity index (χ4n) is 3.03. The highest BCUT2D eigenvalue weighted by Crippen LogP contribution is 2.22. The molecule has 1 aliphatic heterocycles. The van der Waals surface area contributed by atoms with Crippen LogP contribution in [-0.2, 0) is 10.0 Å². The van der Waals surface area contributed by atoms with Crippen LogP contribution in [0.3, 0.4) is 0 Å². The monoisotopic (exact) mass is 357 g/mol. The highest BCUT2D eigenvalue weighted by Gasteiger charge is 2.28. The Kier molecular flexibility index (Phi) is 5.50. The Bertz CT molecular complexity index is 799. The van der Waals surface area contributed by atoms with E-state index in [2.05, 4.69) is 9.88 Å². The van der Waals surface area contributed by atoms with Gasteiger partial charge in [-0.3, -0.25) is 0 Å². The number of nitrogens with zero attached hydrogens (tertiary/aromatic N) is 3. The standard InChI is InChI=1S/C19H23N3O2S/c1-21(25(23,24)16-12-17-7-3-2-4-8-17)18-10-14-22(15-11-18)19-9-5-6-13-20-19/h2-9,12-13,16,18H,10-11,14-15H2,1H3/b16-12+. The fraction of sp³-hybridized carbons (Fsp3) is 0.316. The van der Waals surface area contributed by atoms with Crippen molar-refractivity contribution in [1.29, 1.82) is 0 Å².